The Kier molecular flexibility index (Phi) is 3.36. The van der Waals surface area contributed by atoms with Gasteiger partial charge in [0.15, 0.2) is 0 Å². The van der Waals surface area contributed by atoms with E-state index in [4.69, 9.17) is 4.98 Å². The predicted octanol–water partition coefficient (Wildman–Crippen LogP) is 8.35. The standard InChI is InChI=1S/C32H20N2/c1-34-27-14-5-4-8-20(27)26-18-19(15-16-28(26)34)29-21-9-2-3-10-22(21)31-30-23(11-6-12-25(29)30)24-13-7-17-33-32(24)31/h2-18H,1H3. The number of hydrogen-bond donors (Lipinski definition) is 0. The summed E-state index contributed by atoms with van der Waals surface area (Å²) in [6, 6.07) is 35.4. The molecule has 0 bridgehead atoms. The van der Waals surface area contributed by atoms with Gasteiger partial charge < -0.3 is 4.57 Å². The predicted molar refractivity (Wildman–Crippen MR) is 143 cm³/mol. The molecule has 0 unspecified atom stereocenters. The molecule has 34 heavy (non-hydrogen) atoms. The van der Waals surface area contributed by atoms with Gasteiger partial charge in [-0.15, -0.1) is 0 Å². The number of aryl methyl sites for hydroxylation is 1. The van der Waals surface area contributed by atoms with Crippen LogP contribution in [0.5, 0.6) is 0 Å². The minimum atomic E-state index is 1.10. The van der Waals surface area contributed by atoms with Crippen molar-refractivity contribution in [1.82, 2.24) is 9.55 Å². The van der Waals surface area contributed by atoms with Crippen molar-refractivity contribution in [2.45, 2.75) is 0 Å². The van der Waals surface area contributed by atoms with Crippen molar-refractivity contribution in [3.05, 3.63) is 103 Å². The lowest BCUT2D eigenvalue weighted by Gasteiger charge is -2.15. The van der Waals surface area contributed by atoms with Gasteiger partial charge >= 0.3 is 0 Å². The molecule has 1 aliphatic carbocycles. The Morgan fingerprint density at radius 1 is 0.559 bits per heavy atom. The van der Waals surface area contributed by atoms with Crippen LogP contribution in [0.3, 0.4) is 0 Å². The Morgan fingerprint density at radius 2 is 1.26 bits per heavy atom. The van der Waals surface area contributed by atoms with Crippen LogP contribution in [0.4, 0.5) is 0 Å². The molecule has 1 aliphatic rings. The molecule has 5 aromatic carbocycles. The van der Waals surface area contributed by atoms with Gasteiger partial charge in [-0.05, 0) is 57.1 Å². The van der Waals surface area contributed by atoms with Gasteiger partial charge in [-0.25, -0.2) is 0 Å². The molecule has 0 atom stereocenters. The smallest absolute Gasteiger partial charge is 0.0793 e. The number of nitrogens with zero attached hydrogens (tertiary/aromatic N) is 2. The van der Waals surface area contributed by atoms with E-state index in [-0.39, 0.29) is 0 Å². The molecular weight excluding hydrogens is 412 g/mol. The molecule has 0 aliphatic heterocycles. The van der Waals surface area contributed by atoms with Crippen LogP contribution >= 0.6 is 0 Å². The summed E-state index contributed by atoms with van der Waals surface area (Å²) < 4.78 is 2.29. The highest BCUT2D eigenvalue weighted by Gasteiger charge is 2.27. The molecule has 2 nitrogen and oxygen atoms in total. The van der Waals surface area contributed by atoms with E-state index in [1.54, 1.807) is 0 Å². The molecule has 0 saturated heterocycles. The van der Waals surface area contributed by atoms with E-state index >= 15 is 0 Å². The molecule has 7 aromatic rings. The fraction of sp³-hybridized carbons (Fsp3) is 0.0312. The van der Waals surface area contributed by atoms with Crippen molar-refractivity contribution in [2.75, 3.05) is 0 Å². The van der Waals surface area contributed by atoms with Gasteiger partial charge in [-0.1, -0.05) is 72.8 Å². The van der Waals surface area contributed by atoms with Crippen LogP contribution < -0.4 is 0 Å². The summed E-state index contributed by atoms with van der Waals surface area (Å²) in [7, 11) is 2.16. The zero-order valence-electron chi connectivity index (χ0n) is 18.7. The number of hydrogen-bond acceptors (Lipinski definition) is 1. The van der Waals surface area contributed by atoms with Gasteiger partial charge in [0.05, 0.1) is 5.69 Å². The minimum absolute atomic E-state index is 1.10. The summed E-state index contributed by atoms with van der Waals surface area (Å²) in [5.74, 6) is 0. The zero-order chi connectivity index (χ0) is 22.4. The second-order valence-electron chi connectivity index (χ2n) is 9.23. The Balaban J connectivity index is 1.56. The molecule has 0 saturated carbocycles. The molecule has 8 rings (SSSR count). The van der Waals surface area contributed by atoms with Crippen molar-refractivity contribution in [1.29, 1.82) is 0 Å². The minimum Gasteiger partial charge on any atom is -0.344 e. The zero-order valence-corrected chi connectivity index (χ0v) is 18.7. The highest BCUT2D eigenvalue weighted by atomic mass is 14.9. The summed E-state index contributed by atoms with van der Waals surface area (Å²) in [6.45, 7) is 0. The highest BCUT2D eigenvalue weighted by molar-refractivity contribution is 6.28. The number of para-hydroxylation sites is 1. The van der Waals surface area contributed by atoms with Gasteiger partial charge in [0.1, 0.15) is 0 Å². The van der Waals surface area contributed by atoms with Gasteiger partial charge in [-0.3, -0.25) is 4.98 Å². The summed E-state index contributed by atoms with van der Waals surface area (Å²) >= 11 is 0. The molecule has 0 spiro atoms. The van der Waals surface area contributed by atoms with Crippen molar-refractivity contribution >= 4 is 43.4 Å². The second kappa shape index (κ2) is 6.33. The maximum absolute atomic E-state index is 4.83. The third-order valence-corrected chi connectivity index (χ3v) is 7.59. The Hall–Kier alpha value is -4.43. The Labute approximate surface area is 196 Å². The topological polar surface area (TPSA) is 17.8 Å². The lowest BCUT2D eigenvalue weighted by Crippen LogP contribution is -1.90. The average Bonchev–Trinajstić information content (AvgIpc) is 3.38. The first-order valence-corrected chi connectivity index (χ1v) is 11.7. The second-order valence-corrected chi connectivity index (χ2v) is 9.23. The van der Waals surface area contributed by atoms with Gasteiger partial charge in [0.25, 0.3) is 0 Å². The monoisotopic (exact) mass is 432 g/mol. The molecule has 0 N–H and O–H groups in total. The summed E-state index contributed by atoms with van der Waals surface area (Å²) in [5.41, 5.74) is 9.97. The quantitative estimate of drug-likeness (QED) is 0.238. The average molecular weight is 433 g/mol. The third kappa shape index (κ3) is 2.13. The lowest BCUT2D eigenvalue weighted by molar-refractivity contribution is 1.01. The first kappa shape index (κ1) is 18.0. The maximum Gasteiger partial charge on any atom is 0.0793 e. The first-order chi connectivity index (χ1) is 16.8. The van der Waals surface area contributed by atoms with E-state index < -0.39 is 0 Å². The fourth-order valence-electron chi connectivity index (χ4n) is 6.16. The van der Waals surface area contributed by atoms with Crippen LogP contribution in [-0.2, 0) is 7.05 Å². The molecule has 0 fully saturated rings. The summed E-state index contributed by atoms with van der Waals surface area (Å²) in [5, 5.41) is 7.77. The number of fused-ring (bicyclic) bond motifs is 8. The van der Waals surface area contributed by atoms with Crippen molar-refractivity contribution < 1.29 is 0 Å². The molecule has 2 heteroatoms. The van der Waals surface area contributed by atoms with E-state index in [9.17, 15) is 0 Å². The highest BCUT2D eigenvalue weighted by Crippen LogP contribution is 2.52. The Bertz CT molecular complexity index is 1970. The SMILES string of the molecule is Cn1c2ccccc2c2cc(-c3c4ccccc4c4c5c(cccc35)-c3cccnc3-4)ccc21. The van der Waals surface area contributed by atoms with Gasteiger partial charge in [-0.2, -0.15) is 0 Å². The van der Waals surface area contributed by atoms with Crippen LogP contribution in [-0.4, -0.2) is 9.55 Å². The largest absolute Gasteiger partial charge is 0.344 e. The van der Waals surface area contributed by atoms with Crippen molar-refractivity contribution in [3.8, 4) is 33.5 Å². The van der Waals surface area contributed by atoms with Gasteiger partial charge in [0.2, 0.25) is 0 Å². The maximum atomic E-state index is 4.83. The number of pyridine rings is 1. The number of benzene rings is 5. The molecule has 158 valence electrons. The molecule has 2 aromatic heterocycles. The van der Waals surface area contributed by atoms with E-state index in [2.05, 4.69) is 103 Å². The fourth-order valence-corrected chi connectivity index (χ4v) is 6.16. The van der Waals surface area contributed by atoms with E-state index in [0.29, 0.717) is 0 Å². The van der Waals surface area contributed by atoms with Crippen molar-refractivity contribution in [3.63, 3.8) is 0 Å². The van der Waals surface area contributed by atoms with Crippen LogP contribution in [0.2, 0.25) is 0 Å². The molecule has 2 heterocycles. The summed E-state index contributed by atoms with van der Waals surface area (Å²) in [4.78, 5) is 4.83. The lowest BCUT2D eigenvalue weighted by atomic mass is 9.88. The van der Waals surface area contributed by atoms with Crippen molar-refractivity contribution in [2.24, 2.45) is 7.05 Å². The van der Waals surface area contributed by atoms with Crippen LogP contribution in [0.15, 0.2) is 103 Å². The van der Waals surface area contributed by atoms with Gasteiger partial charge in [0, 0.05) is 51.6 Å². The van der Waals surface area contributed by atoms with E-state index in [1.165, 1.54) is 71.2 Å². The van der Waals surface area contributed by atoms with Crippen LogP contribution in [0.1, 0.15) is 0 Å². The van der Waals surface area contributed by atoms with E-state index in [1.807, 2.05) is 12.3 Å². The van der Waals surface area contributed by atoms with E-state index in [0.717, 1.165) is 5.69 Å². The summed E-state index contributed by atoms with van der Waals surface area (Å²) in [6.07, 6.45) is 1.91. The normalized spacial score (nSPS) is 12.3. The third-order valence-electron chi connectivity index (χ3n) is 7.59. The molecule has 0 radical (unpaired) electrons. The molecular formula is C32H20N2. The molecule has 0 amide bonds. The first-order valence-electron chi connectivity index (χ1n) is 11.7. The number of aromatic nitrogens is 2. The Morgan fingerprint density at radius 3 is 2.15 bits per heavy atom. The van der Waals surface area contributed by atoms with Crippen LogP contribution in [0, 0.1) is 0 Å². The number of rotatable bonds is 1. The van der Waals surface area contributed by atoms with Crippen LogP contribution in [0.25, 0.3) is 76.9 Å².